The first-order valence-electron chi connectivity index (χ1n) is 11.6. The lowest BCUT2D eigenvalue weighted by molar-refractivity contribution is -0.137. The van der Waals surface area contributed by atoms with Crippen LogP contribution < -0.4 is 5.32 Å². The van der Waals surface area contributed by atoms with Crippen molar-refractivity contribution in [3.8, 4) is 0 Å². The molecule has 1 aliphatic rings. The molecule has 7 nitrogen and oxygen atoms in total. The van der Waals surface area contributed by atoms with Gasteiger partial charge in [-0.1, -0.05) is 30.7 Å². The van der Waals surface area contributed by atoms with E-state index in [0.29, 0.717) is 54.0 Å². The Morgan fingerprint density at radius 3 is 2.31 bits per heavy atom. The number of carbonyl (C=O) groups excluding carboxylic acids is 3. The van der Waals surface area contributed by atoms with Crippen LogP contribution in [0.2, 0.25) is 0 Å². The molecule has 0 spiro atoms. The summed E-state index contributed by atoms with van der Waals surface area (Å²) >= 11 is 0. The van der Waals surface area contributed by atoms with Gasteiger partial charge in [0, 0.05) is 24.7 Å². The second-order valence-corrected chi connectivity index (χ2v) is 8.69. The van der Waals surface area contributed by atoms with Crippen LogP contribution in [0.25, 0.3) is 0 Å². The van der Waals surface area contributed by atoms with E-state index in [1.54, 1.807) is 43.3 Å². The van der Waals surface area contributed by atoms with Crippen LogP contribution >= 0.6 is 0 Å². The molecule has 3 aromatic rings. The smallest absolute Gasteiger partial charge is 0.309 e. The number of rotatable bonds is 9. The van der Waals surface area contributed by atoms with Gasteiger partial charge in [-0.05, 0) is 49.6 Å². The maximum absolute atomic E-state index is 13.0. The minimum absolute atomic E-state index is 0.142. The molecule has 0 radical (unpaired) electrons. The molecule has 2 aromatic carbocycles. The summed E-state index contributed by atoms with van der Waals surface area (Å²) in [6, 6.07) is 13.4. The molecule has 2 heterocycles. The molecule has 0 saturated heterocycles. The topological polar surface area (TPSA) is 84.3 Å². The zero-order valence-electron chi connectivity index (χ0n) is 19.6. The van der Waals surface area contributed by atoms with Gasteiger partial charge in [-0.25, -0.2) is 0 Å². The lowest BCUT2D eigenvalue weighted by Crippen LogP contribution is -2.30. The number of hydrogen-bond donors (Lipinski definition) is 1. The van der Waals surface area contributed by atoms with E-state index in [-0.39, 0.29) is 30.7 Å². The average Bonchev–Trinajstić information content (AvgIpc) is 3.29. The van der Waals surface area contributed by atoms with Crippen LogP contribution in [-0.2, 0) is 17.5 Å². The van der Waals surface area contributed by atoms with Crippen molar-refractivity contribution in [3.05, 3.63) is 82.5 Å². The van der Waals surface area contributed by atoms with E-state index in [2.05, 4.69) is 10.4 Å². The minimum Gasteiger partial charge on any atom is -0.309 e. The van der Waals surface area contributed by atoms with Gasteiger partial charge in [-0.2, -0.15) is 18.3 Å². The lowest BCUT2D eigenvalue weighted by atomic mass is 10.1. The first kappa shape index (κ1) is 25.2. The number of aryl methyl sites for hydroxylation is 1. The van der Waals surface area contributed by atoms with Crippen molar-refractivity contribution in [3.63, 3.8) is 0 Å². The van der Waals surface area contributed by atoms with Crippen molar-refractivity contribution in [1.82, 2.24) is 14.7 Å². The number of anilines is 1. The lowest BCUT2D eigenvalue weighted by Gasteiger charge is -2.13. The fourth-order valence-electron chi connectivity index (χ4n) is 4.13. The number of nitrogens with zero attached hydrogens (tertiary/aromatic N) is 3. The highest BCUT2D eigenvalue weighted by Gasteiger charge is 2.34. The molecule has 1 aromatic heterocycles. The number of nitrogens with one attached hydrogen (secondary N) is 1. The summed E-state index contributed by atoms with van der Waals surface area (Å²) in [5.74, 6) is -0.483. The van der Waals surface area contributed by atoms with E-state index < -0.39 is 11.7 Å². The summed E-state index contributed by atoms with van der Waals surface area (Å²) in [5.41, 5.74) is 1.27. The number of halogens is 3. The molecule has 1 aliphatic heterocycles. The van der Waals surface area contributed by atoms with Crippen LogP contribution in [0, 0.1) is 6.92 Å². The molecule has 3 amide bonds. The third-order valence-corrected chi connectivity index (χ3v) is 6.00. The van der Waals surface area contributed by atoms with Gasteiger partial charge >= 0.3 is 6.18 Å². The molecule has 0 aliphatic carbocycles. The van der Waals surface area contributed by atoms with E-state index in [9.17, 15) is 27.6 Å². The zero-order valence-corrected chi connectivity index (χ0v) is 19.6. The minimum atomic E-state index is -4.42. The third kappa shape index (κ3) is 5.64. The van der Waals surface area contributed by atoms with Crippen molar-refractivity contribution in [1.29, 1.82) is 0 Å². The normalized spacial score (nSPS) is 13.3. The number of carbonyl (C=O) groups is 3. The van der Waals surface area contributed by atoms with Gasteiger partial charge in [0.05, 0.1) is 23.2 Å². The summed E-state index contributed by atoms with van der Waals surface area (Å²) in [5, 5.41) is 7.00. The van der Waals surface area contributed by atoms with E-state index in [0.717, 1.165) is 12.1 Å². The molecule has 0 fully saturated rings. The third-order valence-electron chi connectivity index (χ3n) is 6.00. The maximum Gasteiger partial charge on any atom is 0.416 e. The second-order valence-electron chi connectivity index (χ2n) is 8.69. The first-order chi connectivity index (χ1) is 17.1. The average molecular weight is 499 g/mol. The van der Waals surface area contributed by atoms with Crippen LogP contribution in [0.4, 0.5) is 19.0 Å². The van der Waals surface area contributed by atoms with Crippen LogP contribution in [0.5, 0.6) is 0 Å². The van der Waals surface area contributed by atoms with Gasteiger partial charge in [0.2, 0.25) is 5.91 Å². The Morgan fingerprint density at radius 2 is 1.64 bits per heavy atom. The van der Waals surface area contributed by atoms with E-state index >= 15 is 0 Å². The van der Waals surface area contributed by atoms with Crippen LogP contribution in [0.3, 0.4) is 0 Å². The molecule has 1 N–H and O–H groups in total. The summed E-state index contributed by atoms with van der Waals surface area (Å²) in [6.07, 6.45) is -2.37. The number of imide groups is 1. The highest BCUT2D eigenvalue weighted by molar-refractivity contribution is 6.21. The monoisotopic (exact) mass is 498 g/mol. The molecule has 188 valence electrons. The fraction of sp³-hybridized carbons (Fsp3) is 0.308. The molecular weight excluding hydrogens is 473 g/mol. The Kier molecular flexibility index (Phi) is 7.23. The fourth-order valence-corrected chi connectivity index (χ4v) is 4.13. The van der Waals surface area contributed by atoms with E-state index in [4.69, 9.17) is 0 Å². The van der Waals surface area contributed by atoms with E-state index in [1.807, 2.05) is 0 Å². The summed E-state index contributed by atoms with van der Waals surface area (Å²) in [7, 11) is 0. The van der Waals surface area contributed by atoms with Gasteiger partial charge in [0.25, 0.3) is 11.8 Å². The number of aromatic nitrogens is 2. The largest absolute Gasteiger partial charge is 0.416 e. The predicted molar refractivity (Wildman–Crippen MR) is 126 cm³/mol. The molecule has 0 saturated carbocycles. The van der Waals surface area contributed by atoms with Crippen molar-refractivity contribution >= 4 is 23.5 Å². The molecule has 36 heavy (non-hydrogen) atoms. The Hall–Kier alpha value is -3.95. The van der Waals surface area contributed by atoms with Gasteiger partial charge in [-0.15, -0.1) is 0 Å². The van der Waals surface area contributed by atoms with Gasteiger partial charge < -0.3 is 5.32 Å². The van der Waals surface area contributed by atoms with Crippen molar-refractivity contribution in [2.45, 2.75) is 45.3 Å². The van der Waals surface area contributed by atoms with Crippen LogP contribution in [0.15, 0.2) is 54.6 Å². The SMILES string of the molecule is Cc1cc(NC(=O)CCCCCN2C(=O)c3ccccc3C2=O)nn1Cc1cccc(C(F)(F)F)c1. The molecule has 10 heteroatoms. The number of hydrogen-bond acceptors (Lipinski definition) is 4. The quantitative estimate of drug-likeness (QED) is 0.330. The number of amides is 3. The van der Waals surface area contributed by atoms with Gasteiger partial charge in [-0.3, -0.25) is 24.0 Å². The highest BCUT2D eigenvalue weighted by Crippen LogP contribution is 2.30. The van der Waals surface area contributed by atoms with E-state index in [1.165, 1.54) is 15.6 Å². The Labute approximate surface area is 205 Å². The Morgan fingerprint density at radius 1 is 0.944 bits per heavy atom. The molecule has 0 bridgehead atoms. The summed E-state index contributed by atoms with van der Waals surface area (Å²) in [4.78, 5) is 38.3. The molecule has 0 atom stereocenters. The predicted octanol–water partition coefficient (Wildman–Crippen LogP) is 5.05. The van der Waals surface area contributed by atoms with Crippen molar-refractivity contribution in [2.24, 2.45) is 0 Å². The number of unbranched alkanes of at least 4 members (excludes halogenated alkanes) is 2. The zero-order chi connectivity index (χ0) is 25.9. The first-order valence-corrected chi connectivity index (χ1v) is 11.6. The van der Waals surface area contributed by atoms with Crippen molar-refractivity contribution in [2.75, 3.05) is 11.9 Å². The second kappa shape index (κ2) is 10.3. The molecule has 0 unspecified atom stereocenters. The number of fused-ring (bicyclic) bond motifs is 1. The number of benzene rings is 2. The van der Waals surface area contributed by atoms with Crippen LogP contribution in [0.1, 0.15) is 63.2 Å². The van der Waals surface area contributed by atoms with Gasteiger partial charge in [0.1, 0.15) is 0 Å². The summed E-state index contributed by atoms with van der Waals surface area (Å²) < 4.78 is 40.4. The Bertz CT molecular complexity index is 1260. The maximum atomic E-state index is 13.0. The molecular formula is C26H25F3N4O3. The number of alkyl halides is 3. The highest BCUT2D eigenvalue weighted by atomic mass is 19.4. The summed E-state index contributed by atoms with van der Waals surface area (Å²) in [6.45, 7) is 2.20. The molecule has 4 rings (SSSR count). The van der Waals surface area contributed by atoms with Crippen molar-refractivity contribution < 1.29 is 27.6 Å². The van der Waals surface area contributed by atoms with Crippen LogP contribution in [-0.4, -0.2) is 38.9 Å². The standard InChI is InChI=1S/C26H25F3N4O3/c1-17-14-22(31-33(17)16-18-8-7-9-19(15-18)26(27,28)29)30-23(34)12-3-2-6-13-32-24(35)20-10-4-5-11-21(20)25(32)36/h4-5,7-11,14-15H,2-3,6,12-13,16H2,1H3,(H,30,31,34). The van der Waals surface area contributed by atoms with Gasteiger partial charge in [0.15, 0.2) is 5.82 Å². The Balaban J connectivity index is 1.22.